The van der Waals surface area contributed by atoms with Crippen LogP contribution in [0.3, 0.4) is 0 Å². The third-order valence-electron chi connectivity index (χ3n) is 2.91. The first-order chi connectivity index (χ1) is 10.7. The summed E-state index contributed by atoms with van der Waals surface area (Å²) in [7, 11) is 2.03. The van der Waals surface area contributed by atoms with Gasteiger partial charge in [0, 0.05) is 26.3 Å². The van der Waals surface area contributed by atoms with E-state index in [-0.39, 0.29) is 24.0 Å². The third kappa shape index (κ3) is 9.00. The van der Waals surface area contributed by atoms with Crippen LogP contribution >= 0.6 is 35.6 Å². The van der Waals surface area contributed by atoms with E-state index in [2.05, 4.69) is 33.7 Å². The zero-order valence-corrected chi connectivity index (χ0v) is 16.9. The van der Waals surface area contributed by atoms with E-state index in [9.17, 15) is 0 Å². The fourth-order valence-corrected chi connectivity index (χ4v) is 2.00. The monoisotopic (exact) mass is 452 g/mol. The quantitative estimate of drug-likeness (QED) is 0.204. The van der Waals surface area contributed by atoms with Crippen molar-refractivity contribution in [2.45, 2.75) is 19.8 Å². The maximum Gasteiger partial charge on any atom is 0.232 e. The molecular weight excluding hydrogens is 427 g/mol. The molecule has 0 saturated heterocycles. The van der Waals surface area contributed by atoms with Gasteiger partial charge in [0.15, 0.2) is 5.96 Å². The molecule has 1 rings (SSSR count). The van der Waals surface area contributed by atoms with Crippen LogP contribution in [0.5, 0.6) is 5.88 Å². The first-order valence-electron chi connectivity index (χ1n) is 7.52. The zero-order valence-electron chi connectivity index (χ0n) is 13.8. The molecule has 0 aliphatic carbocycles. The van der Waals surface area contributed by atoms with Crippen molar-refractivity contribution in [1.29, 1.82) is 0 Å². The molecule has 0 aromatic carbocycles. The average Bonchev–Trinajstić information content (AvgIpc) is 2.52. The molecule has 7 heteroatoms. The van der Waals surface area contributed by atoms with Crippen molar-refractivity contribution in [3.63, 3.8) is 0 Å². The zero-order chi connectivity index (χ0) is 16.2. The summed E-state index contributed by atoms with van der Waals surface area (Å²) in [5, 5.41) is 3.79. The van der Waals surface area contributed by atoms with Crippen molar-refractivity contribution in [3.05, 3.63) is 36.0 Å². The number of allylic oxidation sites excluding steroid dienone is 1. The van der Waals surface area contributed by atoms with Crippen molar-refractivity contribution in [3.8, 4) is 5.88 Å². The van der Waals surface area contributed by atoms with E-state index < -0.39 is 0 Å². The van der Waals surface area contributed by atoms with Crippen LogP contribution in [0.25, 0.3) is 0 Å². The summed E-state index contributed by atoms with van der Waals surface area (Å²) in [6.07, 6.45) is 5.65. The Balaban J connectivity index is 0.00000484. The van der Waals surface area contributed by atoms with Gasteiger partial charge in [0.25, 0.3) is 0 Å². The lowest BCUT2D eigenvalue weighted by Gasteiger charge is -2.21. The van der Waals surface area contributed by atoms with Crippen LogP contribution < -0.4 is 10.1 Å². The summed E-state index contributed by atoms with van der Waals surface area (Å²) in [4.78, 5) is 10.7. The summed E-state index contributed by atoms with van der Waals surface area (Å²) in [5.41, 5.74) is 0. The Morgan fingerprint density at radius 1 is 1.57 bits per heavy atom. The molecule has 130 valence electrons. The fraction of sp³-hybridized carbons (Fsp3) is 0.500. The lowest BCUT2D eigenvalue weighted by Crippen LogP contribution is -2.39. The number of aliphatic imine (C=N–C) groups is 1. The molecule has 0 fully saturated rings. The SMILES string of the molecule is C=CCCCN(C)C(=NCCOc1ncccc1Cl)NCC.I. The third-order valence-corrected chi connectivity index (χ3v) is 3.20. The summed E-state index contributed by atoms with van der Waals surface area (Å²) in [6, 6.07) is 3.53. The number of guanidine groups is 1. The average molecular weight is 453 g/mol. The topological polar surface area (TPSA) is 49.8 Å². The first kappa shape index (κ1) is 22.0. The van der Waals surface area contributed by atoms with E-state index in [1.54, 1.807) is 18.3 Å². The smallest absolute Gasteiger partial charge is 0.232 e. The van der Waals surface area contributed by atoms with E-state index in [1.807, 2.05) is 13.1 Å². The van der Waals surface area contributed by atoms with Gasteiger partial charge in [-0.05, 0) is 31.9 Å². The van der Waals surface area contributed by atoms with Gasteiger partial charge in [0.2, 0.25) is 5.88 Å². The number of nitrogens with one attached hydrogen (secondary N) is 1. The van der Waals surface area contributed by atoms with E-state index in [0.29, 0.717) is 24.1 Å². The minimum atomic E-state index is 0. The molecule has 0 radical (unpaired) electrons. The van der Waals surface area contributed by atoms with Crippen LogP contribution in [0.4, 0.5) is 0 Å². The number of ether oxygens (including phenoxy) is 1. The standard InChI is InChI=1S/C16H25ClN4O.HI/c1-4-6-7-12-21(3)16(18-5-2)20-11-13-22-15-14(17)9-8-10-19-15;/h4,8-10H,1,5-7,11-13H2,2-3H3,(H,18,20);1H. The van der Waals surface area contributed by atoms with Crippen LogP contribution in [0.1, 0.15) is 19.8 Å². The maximum atomic E-state index is 5.98. The highest BCUT2D eigenvalue weighted by molar-refractivity contribution is 14.0. The molecular formula is C16H26ClIN4O. The van der Waals surface area contributed by atoms with Crippen LogP contribution in [0.15, 0.2) is 36.0 Å². The molecule has 0 spiro atoms. The van der Waals surface area contributed by atoms with Gasteiger partial charge >= 0.3 is 0 Å². The van der Waals surface area contributed by atoms with Crippen LogP contribution in [-0.4, -0.2) is 49.1 Å². The second kappa shape index (κ2) is 13.4. The lowest BCUT2D eigenvalue weighted by atomic mass is 10.3. The van der Waals surface area contributed by atoms with E-state index in [0.717, 1.165) is 31.9 Å². The summed E-state index contributed by atoms with van der Waals surface area (Å²) >= 11 is 5.98. The second-order valence-corrected chi connectivity index (χ2v) is 5.13. The normalized spacial score (nSPS) is 10.7. The van der Waals surface area contributed by atoms with Crippen LogP contribution in [0, 0.1) is 0 Å². The van der Waals surface area contributed by atoms with Crippen LogP contribution in [0.2, 0.25) is 5.02 Å². The molecule has 0 saturated carbocycles. The minimum Gasteiger partial charge on any atom is -0.475 e. The Morgan fingerprint density at radius 2 is 2.35 bits per heavy atom. The number of hydrogen-bond donors (Lipinski definition) is 1. The molecule has 5 nitrogen and oxygen atoms in total. The van der Waals surface area contributed by atoms with Crippen molar-refractivity contribution >= 4 is 41.5 Å². The Morgan fingerprint density at radius 3 is 3.00 bits per heavy atom. The van der Waals surface area contributed by atoms with Gasteiger partial charge in [-0.1, -0.05) is 17.7 Å². The van der Waals surface area contributed by atoms with Crippen molar-refractivity contribution in [1.82, 2.24) is 15.2 Å². The Hall–Kier alpha value is -1.02. The summed E-state index contributed by atoms with van der Waals surface area (Å²) in [5.74, 6) is 1.32. The number of halogens is 2. The van der Waals surface area contributed by atoms with E-state index in [4.69, 9.17) is 16.3 Å². The molecule has 0 atom stereocenters. The highest BCUT2D eigenvalue weighted by atomic mass is 127. The molecule has 1 aromatic rings. The molecule has 1 N–H and O–H groups in total. The van der Waals surface area contributed by atoms with E-state index in [1.165, 1.54) is 0 Å². The molecule has 0 amide bonds. The molecule has 23 heavy (non-hydrogen) atoms. The molecule has 0 aliphatic heterocycles. The highest BCUT2D eigenvalue weighted by Crippen LogP contribution is 2.19. The largest absolute Gasteiger partial charge is 0.475 e. The first-order valence-corrected chi connectivity index (χ1v) is 7.90. The Bertz CT molecular complexity index is 485. The van der Waals surface area contributed by atoms with Crippen molar-refractivity contribution in [2.75, 3.05) is 33.3 Å². The molecule has 1 aromatic heterocycles. The van der Waals surface area contributed by atoms with Gasteiger partial charge in [0.1, 0.15) is 11.6 Å². The predicted octanol–water partition coefficient (Wildman–Crippen LogP) is 3.60. The predicted molar refractivity (Wildman–Crippen MR) is 108 cm³/mol. The molecule has 0 unspecified atom stereocenters. The number of pyridine rings is 1. The Kier molecular flexibility index (Phi) is 12.8. The van der Waals surface area contributed by atoms with Crippen LogP contribution in [-0.2, 0) is 0 Å². The number of aromatic nitrogens is 1. The van der Waals surface area contributed by atoms with Gasteiger partial charge in [-0.3, -0.25) is 0 Å². The Labute approximate surface area is 161 Å². The number of rotatable bonds is 9. The number of nitrogens with zero attached hydrogens (tertiary/aromatic N) is 3. The number of unbranched alkanes of at least 4 members (excludes halogenated alkanes) is 1. The number of hydrogen-bond acceptors (Lipinski definition) is 3. The van der Waals surface area contributed by atoms with Gasteiger partial charge < -0.3 is 15.0 Å². The minimum absolute atomic E-state index is 0. The second-order valence-electron chi connectivity index (χ2n) is 4.73. The van der Waals surface area contributed by atoms with Gasteiger partial charge in [-0.15, -0.1) is 30.6 Å². The summed E-state index contributed by atoms with van der Waals surface area (Å²) in [6.45, 7) is 8.54. The van der Waals surface area contributed by atoms with Crippen molar-refractivity contribution in [2.24, 2.45) is 4.99 Å². The van der Waals surface area contributed by atoms with Gasteiger partial charge in [0.05, 0.1) is 6.54 Å². The molecule has 0 bridgehead atoms. The maximum absolute atomic E-state index is 5.98. The van der Waals surface area contributed by atoms with Gasteiger partial charge in [-0.2, -0.15) is 0 Å². The van der Waals surface area contributed by atoms with E-state index >= 15 is 0 Å². The fourth-order valence-electron chi connectivity index (χ4n) is 1.82. The lowest BCUT2D eigenvalue weighted by molar-refractivity contribution is 0.315. The molecule has 1 heterocycles. The summed E-state index contributed by atoms with van der Waals surface area (Å²) < 4.78 is 5.53. The van der Waals surface area contributed by atoms with Crippen molar-refractivity contribution < 1.29 is 4.74 Å². The highest BCUT2D eigenvalue weighted by Gasteiger charge is 2.05. The van der Waals surface area contributed by atoms with Gasteiger partial charge in [-0.25, -0.2) is 9.98 Å². The molecule has 0 aliphatic rings.